The number of nitrogens with zero attached hydrogens (tertiary/aromatic N) is 1. The molecule has 1 saturated heterocycles. The number of rotatable bonds is 8. The van der Waals surface area contributed by atoms with Gasteiger partial charge in [-0.25, -0.2) is 0 Å². The minimum absolute atomic E-state index is 0.189. The summed E-state index contributed by atoms with van der Waals surface area (Å²) < 4.78 is 18.6. The highest BCUT2D eigenvalue weighted by Gasteiger charge is 2.30. The summed E-state index contributed by atoms with van der Waals surface area (Å²) in [5, 5.41) is 0. The van der Waals surface area contributed by atoms with Gasteiger partial charge in [0, 0.05) is 43.3 Å². The molecule has 0 spiro atoms. The molecule has 3 unspecified atom stereocenters. The molecular formula is C27H31NO2S. The Bertz CT molecular complexity index is 960. The van der Waals surface area contributed by atoms with Gasteiger partial charge in [-0.05, 0) is 41.7 Å². The summed E-state index contributed by atoms with van der Waals surface area (Å²) in [6, 6.07) is 29.2. The maximum atomic E-state index is 12.8. The third-order valence-corrected chi connectivity index (χ3v) is 7.73. The zero-order chi connectivity index (χ0) is 21.5. The Kier molecular flexibility index (Phi) is 7.68. The second-order valence-corrected chi connectivity index (χ2v) is 9.76. The van der Waals surface area contributed by atoms with Crippen LogP contribution >= 0.6 is 0 Å². The van der Waals surface area contributed by atoms with Crippen molar-refractivity contribution in [2.45, 2.75) is 23.8 Å². The molecule has 4 rings (SSSR count). The first kappa shape index (κ1) is 21.9. The number of methoxy groups -OCH3 is 1. The number of likely N-dealkylation sites (tertiary alicyclic amines) is 1. The third kappa shape index (κ3) is 5.91. The standard InChI is InChI=1S/C27H31NO2S/c1-30-27-17-19-28(20-25(27)21-31(29)26-10-6-3-7-11-26)18-16-22-12-14-24(15-13-22)23-8-4-2-5-9-23/h2-15,25,27H,16-21H2,1H3. The average molecular weight is 434 g/mol. The van der Waals surface area contributed by atoms with Gasteiger partial charge in [-0.2, -0.15) is 0 Å². The maximum Gasteiger partial charge on any atom is 0.0632 e. The molecule has 0 N–H and O–H groups in total. The van der Waals surface area contributed by atoms with Crippen molar-refractivity contribution in [1.29, 1.82) is 0 Å². The second kappa shape index (κ2) is 10.9. The molecule has 1 aliphatic rings. The van der Waals surface area contributed by atoms with Gasteiger partial charge in [0.25, 0.3) is 0 Å². The molecule has 3 aromatic carbocycles. The third-order valence-electron chi connectivity index (χ3n) is 6.20. The van der Waals surface area contributed by atoms with E-state index in [0.29, 0.717) is 11.7 Å². The molecule has 0 aromatic heterocycles. The molecule has 3 atom stereocenters. The molecule has 162 valence electrons. The first-order valence-corrected chi connectivity index (χ1v) is 12.4. The van der Waals surface area contributed by atoms with Crippen LogP contribution < -0.4 is 0 Å². The fourth-order valence-electron chi connectivity index (χ4n) is 4.40. The molecule has 31 heavy (non-hydrogen) atoms. The zero-order valence-corrected chi connectivity index (χ0v) is 19.0. The van der Waals surface area contributed by atoms with E-state index in [9.17, 15) is 4.21 Å². The Balaban J connectivity index is 1.33. The minimum atomic E-state index is -0.986. The van der Waals surface area contributed by atoms with E-state index in [1.807, 2.05) is 36.4 Å². The van der Waals surface area contributed by atoms with Crippen LogP contribution in [-0.2, 0) is 22.0 Å². The van der Waals surface area contributed by atoms with Crippen molar-refractivity contribution < 1.29 is 8.95 Å². The molecule has 3 nitrogen and oxygen atoms in total. The Labute approximate surface area is 188 Å². The fraction of sp³-hybridized carbons (Fsp3) is 0.333. The number of benzene rings is 3. The van der Waals surface area contributed by atoms with E-state index in [-0.39, 0.29) is 6.10 Å². The Morgan fingerprint density at radius 1 is 0.903 bits per heavy atom. The number of hydrogen-bond donors (Lipinski definition) is 0. The predicted molar refractivity (Wildman–Crippen MR) is 129 cm³/mol. The van der Waals surface area contributed by atoms with Crippen molar-refractivity contribution in [3.05, 3.63) is 90.5 Å². The van der Waals surface area contributed by atoms with Gasteiger partial charge in [0.05, 0.1) is 16.9 Å². The highest BCUT2D eigenvalue weighted by molar-refractivity contribution is 7.85. The van der Waals surface area contributed by atoms with Gasteiger partial charge >= 0.3 is 0 Å². The van der Waals surface area contributed by atoms with E-state index in [0.717, 1.165) is 37.4 Å². The van der Waals surface area contributed by atoms with Crippen molar-refractivity contribution in [2.24, 2.45) is 5.92 Å². The number of ether oxygens (including phenoxy) is 1. The van der Waals surface area contributed by atoms with Gasteiger partial charge in [0.15, 0.2) is 0 Å². The maximum absolute atomic E-state index is 12.8. The van der Waals surface area contributed by atoms with E-state index < -0.39 is 10.8 Å². The lowest BCUT2D eigenvalue weighted by Gasteiger charge is -2.37. The highest BCUT2D eigenvalue weighted by Crippen LogP contribution is 2.24. The van der Waals surface area contributed by atoms with Crippen LogP contribution in [0.4, 0.5) is 0 Å². The lowest BCUT2D eigenvalue weighted by atomic mass is 9.95. The Morgan fingerprint density at radius 2 is 1.55 bits per heavy atom. The predicted octanol–water partition coefficient (Wildman–Crippen LogP) is 5.04. The smallest absolute Gasteiger partial charge is 0.0632 e. The van der Waals surface area contributed by atoms with Crippen LogP contribution in [0, 0.1) is 5.92 Å². The fourth-order valence-corrected chi connectivity index (χ4v) is 5.77. The monoisotopic (exact) mass is 433 g/mol. The van der Waals surface area contributed by atoms with Gasteiger partial charge < -0.3 is 9.64 Å². The molecule has 1 aliphatic heterocycles. The summed E-state index contributed by atoms with van der Waals surface area (Å²) >= 11 is 0. The second-order valence-electron chi connectivity index (χ2n) is 8.26. The quantitative estimate of drug-likeness (QED) is 0.498. The summed E-state index contributed by atoms with van der Waals surface area (Å²) in [5.74, 6) is 0.949. The van der Waals surface area contributed by atoms with Crippen LogP contribution in [0.25, 0.3) is 11.1 Å². The van der Waals surface area contributed by atoms with Gasteiger partial charge in [-0.1, -0.05) is 72.8 Å². The molecule has 3 aromatic rings. The van der Waals surface area contributed by atoms with Crippen molar-refractivity contribution in [1.82, 2.24) is 4.90 Å². The van der Waals surface area contributed by atoms with Crippen LogP contribution in [0.1, 0.15) is 12.0 Å². The molecule has 1 heterocycles. The summed E-state index contributed by atoms with van der Waals surface area (Å²) in [6.07, 6.45) is 2.22. The topological polar surface area (TPSA) is 29.5 Å². The molecule has 0 amide bonds. The van der Waals surface area contributed by atoms with Crippen molar-refractivity contribution in [3.63, 3.8) is 0 Å². The molecule has 0 bridgehead atoms. The molecule has 0 aliphatic carbocycles. The minimum Gasteiger partial charge on any atom is -0.381 e. The molecule has 1 fully saturated rings. The van der Waals surface area contributed by atoms with Gasteiger partial charge in [0.1, 0.15) is 0 Å². The Hall–Kier alpha value is -2.27. The van der Waals surface area contributed by atoms with Crippen LogP contribution in [0.3, 0.4) is 0 Å². The van der Waals surface area contributed by atoms with Gasteiger partial charge in [-0.15, -0.1) is 0 Å². The van der Waals surface area contributed by atoms with Gasteiger partial charge in [0.2, 0.25) is 0 Å². The van der Waals surface area contributed by atoms with Crippen molar-refractivity contribution in [2.75, 3.05) is 32.5 Å². The summed E-state index contributed by atoms with van der Waals surface area (Å²) in [5.41, 5.74) is 3.87. The van der Waals surface area contributed by atoms with Crippen LogP contribution in [0.5, 0.6) is 0 Å². The van der Waals surface area contributed by atoms with Crippen LogP contribution in [0.15, 0.2) is 89.8 Å². The normalized spacial score (nSPS) is 20.4. The highest BCUT2D eigenvalue weighted by atomic mass is 32.2. The first-order valence-electron chi connectivity index (χ1n) is 11.1. The van der Waals surface area contributed by atoms with E-state index in [4.69, 9.17) is 4.74 Å². The van der Waals surface area contributed by atoms with Gasteiger partial charge in [-0.3, -0.25) is 4.21 Å². The molecule has 0 saturated carbocycles. The van der Waals surface area contributed by atoms with Crippen LogP contribution in [0.2, 0.25) is 0 Å². The average Bonchev–Trinajstić information content (AvgIpc) is 2.84. The number of hydrogen-bond acceptors (Lipinski definition) is 3. The first-order chi connectivity index (χ1) is 15.2. The van der Waals surface area contributed by atoms with Crippen molar-refractivity contribution >= 4 is 10.8 Å². The largest absolute Gasteiger partial charge is 0.381 e. The molecular weight excluding hydrogens is 402 g/mol. The summed E-state index contributed by atoms with van der Waals surface area (Å²) in [6.45, 7) is 3.00. The van der Waals surface area contributed by atoms with E-state index in [1.54, 1.807) is 7.11 Å². The zero-order valence-electron chi connectivity index (χ0n) is 18.2. The summed E-state index contributed by atoms with van der Waals surface area (Å²) in [7, 11) is 0.799. The number of piperidine rings is 1. The molecule has 4 heteroatoms. The van der Waals surface area contributed by atoms with Crippen molar-refractivity contribution in [3.8, 4) is 11.1 Å². The van der Waals surface area contributed by atoms with Crippen LogP contribution in [-0.4, -0.2) is 47.7 Å². The lowest BCUT2D eigenvalue weighted by molar-refractivity contribution is 0.00240. The van der Waals surface area contributed by atoms with E-state index in [1.165, 1.54) is 16.7 Å². The summed E-state index contributed by atoms with van der Waals surface area (Å²) in [4.78, 5) is 3.42. The Morgan fingerprint density at radius 3 is 2.23 bits per heavy atom. The van der Waals surface area contributed by atoms with E-state index >= 15 is 0 Å². The lowest BCUT2D eigenvalue weighted by Crippen LogP contribution is -2.46. The molecule has 0 radical (unpaired) electrons. The van der Waals surface area contributed by atoms with E-state index in [2.05, 4.69) is 53.4 Å². The SMILES string of the molecule is COC1CCN(CCc2ccc(-c3ccccc3)cc2)CC1CS(=O)c1ccccc1.